The molecule has 0 aromatic heterocycles. The molecule has 8 nitrogen and oxygen atoms in total. The van der Waals surface area contributed by atoms with Gasteiger partial charge in [0.2, 0.25) is 0 Å². The van der Waals surface area contributed by atoms with Crippen LogP contribution in [0.5, 0.6) is 0 Å². The summed E-state index contributed by atoms with van der Waals surface area (Å²) in [4.78, 5) is 5.33. The van der Waals surface area contributed by atoms with Crippen LogP contribution in [-0.4, -0.2) is 113 Å². The maximum atomic E-state index is 3.92. The van der Waals surface area contributed by atoms with Crippen molar-refractivity contribution in [3.05, 3.63) is 35.4 Å². The summed E-state index contributed by atoms with van der Waals surface area (Å²) >= 11 is 0. The largest absolute Gasteiger partial charge is 0.315 e. The standard InChI is InChI=1S/C34H62N8/c1-2-6-30(28-42-25-21-37-17-13-33-9-4-10-34(40-33)14-18-38-22-26-42)29(5-1)27-41-23-19-35-15-11-31-7-3-8-32(39-31)12-16-36-20-24-41/h1-2,5-6,31-40H,3-4,7-28H2. The summed E-state index contributed by atoms with van der Waals surface area (Å²) in [6.07, 6.45) is 13.2. The fourth-order valence-corrected chi connectivity index (χ4v) is 7.57. The quantitative estimate of drug-likeness (QED) is 0.323. The van der Waals surface area contributed by atoms with E-state index in [2.05, 4.69) is 66.0 Å². The molecule has 4 aliphatic rings. The van der Waals surface area contributed by atoms with Crippen molar-refractivity contribution in [3.8, 4) is 0 Å². The van der Waals surface area contributed by atoms with Crippen molar-refractivity contribution in [1.82, 2.24) is 41.7 Å². The Morgan fingerprint density at radius 2 is 0.786 bits per heavy atom. The van der Waals surface area contributed by atoms with Crippen molar-refractivity contribution in [3.63, 3.8) is 0 Å². The number of piperidine rings is 2. The highest BCUT2D eigenvalue weighted by Crippen LogP contribution is 2.18. The zero-order valence-electron chi connectivity index (χ0n) is 26.5. The number of rotatable bonds is 4. The van der Waals surface area contributed by atoms with E-state index in [1.165, 1.54) is 75.3 Å². The first-order chi connectivity index (χ1) is 20.8. The maximum Gasteiger partial charge on any atom is 0.0238 e. The van der Waals surface area contributed by atoms with E-state index in [0.717, 1.165) is 91.6 Å². The van der Waals surface area contributed by atoms with Gasteiger partial charge in [-0.1, -0.05) is 37.1 Å². The minimum atomic E-state index is 0.698. The molecule has 5 rings (SSSR count). The van der Waals surface area contributed by atoms with Gasteiger partial charge in [0, 0.05) is 89.6 Å². The zero-order valence-corrected chi connectivity index (χ0v) is 26.5. The molecule has 0 amide bonds. The zero-order chi connectivity index (χ0) is 28.7. The Balaban J connectivity index is 1.14. The number of fused-ring (bicyclic) bond motifs is 4. The fraction of sp³-hybridized carbons (Fsp3) is 0.824. The molecular weight excluding hydrogens is 520 g/mol. The van der Waals surface area contributed by atoms with Crippen LogP contribution in [0.25, 0.3) is 0 Å². The predicted octanol–water partition coefficient (Wildman–Crippen LogP) is 2.26. The summed E-state index contributed by atoms with van der Waals surface area (Å²) in [5, 5.41) is 22.9. The molecule has 42 heavy (non-hydrogen) atoms. The minimum absolute atomic E-state index is 0.698. The second-order valence-electron chi connectivity index (χ2n) is 13.5. The summed E-state index contributed by atoms with van der Waals surface area (Å²) in [6, 6.07) is 12.0. The SMILES string of the molecule is c1ccc(CN2CCNCCC3CCCC(CCNCC2)N3)c(CN2CCNCCC3CCCC(CCNCC2)N3)c1. The van der Waals surface area contributed by atoms with Gasteiger partial charge in [-0.05, 0) is 88.7 Å². The van der Waals surface area contributed by atoms with Gasteiger partial charge in [0.05, 0.1) is 0 Å². The second-order valence-corrected chi connectivity index (χ2v) is 13.5. The van der Waals surface area contributed by atoms with E-state index in [9.17, 15) is 0 Å². The first-order valence-electron chi connectivity index (χ1n) is 17.7. The molecule has 0 spiro atoms. The fourth-order valence-electron chi connectivity index (χ4n) is 7.57. The molecule has 4 atom stereocenters. The smallest absolute Gasteiger partial charge is 0.0238 e. The van der Waals surface area contributed by atoms with Crippen molar-refractivity contribution >= 4 is 0 Å². The molecule has 4 unspecified atom stereocenters. The number of nitrogens with one attached hydrogen (secondary N) is 6. The average molecular weight is 583 g/mol. The molecule has 4 aliphatic heterocycles. The molecule has 8 heteroatoms. The highest BCUT2D eigenvalue weighted by atomic mass is 15.2. The Hall–Kier alpha value is -1.10. The van der Waals surface area contributed by atoms with Crippen molar-refractivity contribution in [2.75, 3.05) is 78.5 Å². The third-order valence-corrected chi connectivity index (χ3v) is 10.2. The van der Waals surface area contributed by atoms with Gasteiger partial charge in [-0.3, -0.25) is 9.80 Å². The molecule has 4 fully saturated rings. The molecule has 0 saturated carbocycles. The number of benzene rings is 1. The third-order valence-electron chi connectivity index (χ3n) is 10.2. The lowest BCUT2D eigenvalue weighted by Gasteiger charge is -2.32. The predicted molar refractivity (Wildman–Crippen MR) is 176 cm³/mol. The van der Waals surface area contributed by atoms with E-state index in [-0.39, 0.29) is 0 Å². The van der Waals surface area contributed by atoms with Gasteiger partial charge in [0.15, 0.2) is 0 Å². The van der Waals surface area contributed by atoms with E-state index in [4.69, 9.17) is 0 Å². The Kier molecular flexibility index (Phi) is 14.3. The first-order valence-corrected chi connectivity index (χ1v) is 17.7. The van der Waals surface area contributed by atoms with Crippen LogP contribution in [0.3, 0.4) is 0 Å². The van der Waals surface area contributed by atoms with Crippen molar-refractivity contribution in [1.29, 1.82) is 0 Å². The van der Waals surface area contributed by atoms with Gasteiger partial charge < -0.3 is 31.9 Å². The Labute approximate surface area is 256 Å². The van der Waals surface area contributed by atoms with Crippen LogP contribution in [0, 0.1) is 0 Å². The second kappa shape index (κ2) is 18.6. The molecule has 4 bridgehead atoms. The molecule has 1 aromatic rings. The number of hydrogen-bond donors (Lipinski definition) is 6. The van der Waals surface area contributed by atoms with Crippen LogP contribution >= 0.6 is 0 Å². The van der Waals surface area contributed by atoms with E-state index >= 15 is 0 Å². The Morgan fingerprint density at radius 1 is 0.452 bits per heavy atom. The highest BCUT2D eigenvalue weighted by molar-refractivity contribution is 5.27. The van der Waals surface area contributed by atoms with E-state index in [1.54, 1.807) is 0 Å². The first kappa shape index (κ1) is 32.3. The van der Waals surface area contributed by atoms with E-state index in [1.807, 2.05) is 0 Å². The van der Waals surface area contributed by atoms with Crippen molar-refractivity contribution in [2.45, 2.75) is 101 Å². The minimum Gasteiger partial charge on any atom is -0.315 e. The van der Waals surface area contributed by atoms with Gasteiger partial charge >= 0.3 is 0 Å². The average Bonchev–Trinajstić information content (AvgIpc) is 3.00. The molecule has 6 N–H and O–H groups in total. The molecule has 4 saturated heterocycles. The van der Waals surface area contributed by atoms with E-state index in [0.29, 0.717) is 24.2 Å². The molecule has 238 valence electrons. The summed E-state index contributed by atoms with van der Waals surface area (Å²) in [5.74, 6) is 0. The topological polar surface area (TPSA) is 78.7 Å². The summed E-state index contributed by atoms with van der Waals surface area (Å²) in [6.45, 7) is 15.3. The van der Waals surface area contributed by atoms with Crippen LogP contribution in [0.15, 0.2) is 24.3 Å². The molecule has 4 heterocycles. The lowest BCUT2D eigenvalue weighted by molar-refractivity contribution is 0.242. The van der Waals surface area contributed by atoms with Gasteiger partial charge in [-0.15, -0.1) is 0 Å². The summed E-state index contributed by atoms with van der Waals surface area (Å²) in [7, 11) is 0. The Bertz CT molecular complexity index is 759. The highest BCUT2D eigenvalue weighted by Gasteiger charge is 2.22. The van der Waals surface area contributed by atoms with Crippen molar-refractivity contribution < 1.29 is 0 Å². The van der Waals surface area contributed by atoms with Gasteiger partial charge in [-0.2, -0.15) is 0 Å². The maximum absolute atomic E-state index is 3.92. The molecular formula is C34H62N8. The van der Waals surface area contributed by atoms with Crippen LogP contribution in [-0.2, 0) is 13.1 Å². The lowest BCUT2D eigenvalue weighted by Crippen LogP contribution is -2.46. The third kappa shape index (κ3) is 11.4. The van der Waals surface area contributed by atoms with E-state index < -0.39 is 0 Å². The Morgan fingerprint density at radius 3 is 1.12 bits per heavy atom. The molecule has 0 radical (unpaired) electrons. The van der Waals surface area contributed by atoms with Crippen LogP contribution in [0.1, 0.15) is 75.3 Å². The van der Waals surface area contributed by atoms with Crippen molar-refractivity contribution in [2.24, 2.45) is 0 Å². The normalized spacial score (nSPS) is 31.0. The van der Waals surface area contributed by atoms with Gasteiger partial charge in [0.25, 0.3) is 0 Å². The number of nitrogens with zero attached hydrogens (tertiary/aromatic N) is 2. The summed E-state index contributed by atoms with van der Waals surface area (Å²) in [5.41, 5.74) is 2.99. The van der Waals surface area contributed by atoms with Crippen LogP contribution in [0.2, 0.25) is 0 Å². The molecule has 1 aromatic carbocycles. The summed E-state index contributed by atoms with van der Waals surface area (Å²) < 4.78 is 0. The van der Waals surface area contributed by atoms with Gasteiger partial charge in [0.1, 0.15) is 0 Å². The monoisotopic (exact) mass is 583 g/mol. The van der Waals surface area contributed by atoms with Crippen LogP contribution < -0.4 is 31.9 Å². The number of hydrogen-bond acceptors (Lipinski definition) is 8. The van der Waals surface area contributed by atoms with Gasteiger partial charge in [-0.25, -0.2) is 0 Å². The lowest BCUT2D eigenvalue weighted by atomic mass is 9.94. The molecule has 0 aliphatic carbocycles. The van der Waals surface area contributed by atoms with Crippen LogP contribution in [0.4, 0.5) is 0 Å².